The van der Waals surface area contributed by atoms with E-state index < -0.39 is 26.1 Å². The molecule has 3 rings (SSSR count). The number of amides is 2. The lowest BCUT2D eigenvalue weighted by atomic mass is 10.0. The third-order valence-electron chi connectivity index (χ3n) is 4.99. The Morgan fingerprint density at radius 2 is 2.00 bits per heavy atom. The van der Waals surface area contributed by atoms with Gasteiger partial charge in [0.2, 0.25) is 0 Å². The SMILES string of the molecule is Cn1nc(C(N)=O)c2c1C(=O)N(CC1(S(=O)(=O)CC(C)(C)O)CC1)CC2. The van der Waals surface area contributed by atoms with Crippen LogP contribution in [0.1, 0.15) is 53.2 Å². The Balaban J connectivity index is 1.85. The zero-order valence-electron chi connectivity index (χ0n) is 15.2. The van der Waals surface area contributed by atoms with Crippen molar-refractivity contribution in [2.75, 3.05) is 18.8 Å². The number of carbonyl (C=O) groups is 2. The molecule has 0 spiro atoms. The maximum absolute atomic E-state index is 12.9. The van der Waals surface area contributed by atoms with Crippen LogP contribution in [0.15, 0.2) is 0 Å². The maximum Gasteiger partial charge on any atom is 0.272 e. The van der Waals surface area contributed by atoms with E-state index in [4.69, 9.17) is 5.73 Å². The normalized spacial score (nSPS) is 19.4. The van der Waals surface area contributed by atoms with E-state index in [1.54, 1.807) is 7.05 Å². The van der Waals surface area contributed by atoms with Crippen LogP contribution < -0.4 is 5.73 Å². The number of primary amides is 1. The van der Waals surface area contributed by atoms with Crippen molar-refractivity contribution in [1.82, 2.24) is 14.7 Å². The van der Waals surface area contributed by atoms with Crippen LogP contribution in [0.5, 0.6) is 0 Å². The van der Waals surface area contributed by atoms with Crippen molar-refractivity contribution >= 4 is 21.7 Å². The summed E-state index contributed by atoms with van der Waals surface area (Å²) >= 11 is 0. The molecular weight excluding hydrogens is 360 g/mol. The number of fused-ring (bicyclic) bond motifs is 1. The number of rotatable bonds is 6. The molecule has 1 aliphatic heterocycles. The molecule has 0 saturated heterocycles. The summed E-state index contributed by atoms with van der Waals surface area (Å²) in [5.74, 6) is -1.38. The predicted octanol–water partition coefficient (Wildman–Crippen LogP) is -0.764. The number of nitrogens with zero attached hydrogens (tertiary/aromatic N) is 3. The monoisotopic (exact) mass is 384 g/mol. The molecule has 0 radical (unpaired) electrons. The second-order valence-corrected chi connectivity index (χ2v) is 10.3. The Kier molecular flexibility index (Phi) is 4.19. The molecule has 1 aromatic rings. The highest BCUT2D eigenvalue weighted by atomic mass is 32.2. The standard InChI is InChI=1S/C16H24N4O5S/c1-15(2,23)9-26(24,25)16(5-6-16)8-20-7-4-10-11(13(17)21)18-19(3)12(10)14(20)22/h23H,4-9H2,1-3H3,(H2,17,21). The van der Waals surface area contributed by atoms with Gasteiger partial charge in [-0.05, 0) is 33.1 Å². The molecule has 0 atom stereocenters. The summed E-state index contributed by atoms with van der Waals surface area (Å²) in [4.78, 5) is 25.9. The molecule has 3 N–H and O–H groups in total. The first-order valence-corrected chi connectivity index (χ1v) is 10.1. The fraction of sp³-hybridized carbons (Fsp3) is 0.688. The summed E-state index contributed by atoms with van der Waals surface area (Å²) in [6.45, 7) is 3.30. The van der Waals surface area contributed by atoms with E-state index in [0.29, 0.717) is 31.4 Å². The average Bonchev–Trinajstić information content (AvgIpc) is 3.18. The molecular formula is C16H24N4O5S. The zero-order chi connectivity index (χ0) is 19.5. The molecule has 0 bridgehead atoms. The van der Waals surface area contributed by atoms with Crippen LogP contribution in [0.3, 0.4) is 0 Å². The highest BCUT2D eigenvalue weighted by Gasteiger charge is 2.57. The molecule has 1 saturated carbocycles. The number of sulfone groups is 1. The highest BCUT2D eigenvalue weighted by Crippen LogP contribution is 2.46. The van der Waals surface area contributed by atoms with Gasteiger partial charge in [-0.2, -0.15) is 5.10 Å². The van der Waals surface area contributed by atoms with E-state index in [1.165, 1.54) is 23.4 Å². The van der Waals surface area contributed by atoms with Crippen molar-refractivity contribution in [3.05, 3.63) is 17.0 Å². The summed E-state index contributed by atoms with van der Waals surface area (Å²) in [6, 6.07) is 0. The van der Waals surface area contributed by atoms with Crippen LogP contribution in [0.25, 0.3) is 0 Å². The number of aryl methyl sites for hydroxylation is 1. The predicted molar refractivity (Wildman–Crippen MR) is 93.4 cm³/mol. The molecule has 2 heterocycles. The van der Waals surface area contributed by atoms with Crippen molar-refractivity contribution in [2.24, 2.45) is 12.8 Å². The van der Waals surface area contributed by atoms with Gasteiger partial charge in [0, 0.05) is 25.7 Å². The lowest BCUT2D eigenvalue weighted by Gasteiger charge is -2.32. The number of carbonyl (C=O) groups excluding carboxylic acids is 2. The molecule has 26 heavy (non-hydrogen) atoms. The minimum Gasteiger partial charge on any atom is -0.389 e. The summed E-state index contributed by atoms with van der Waals surface area (Å²) in [5.41, 5.74) is 4.88. The molecule has 144 valence electrons. The van der Waals surface area contributed by atoms with Gasteiger partial charge < -0.3 is 15.7 Å². The van der Waals surface area contributed by atoms with Crippen LogP contribution in [0.4, 0.5) is 0 Å². The maximum atomic E-state index is 12.9. The lowest BCUT2D eigenvalue weighted by Crippen LogP contribution is -2.48. The van der Waals surface area contributed by atoms with Crippen molar-refractivity contribution in [3.63, 3.8) is 0 Å². The zero-order valence-corrected chi connectivity index (χ0v) is 16.0. The van der Waals surface area contributed by atoms with E-state index in [-0.39, 0.29) is 29.6 Å². The second-order valence-electron chi connectivity index (χ2n) is 7.89. The molecule has 2 amide bonds. The van der Waals surface area contributed by atoms with Gasteiger partial charge in [0.25, 0.3) is 11.8 Å². The Morgan fingerprint density at radius 3 is 2.50 bits per heavy atom. The first-order chi connectivity index (χ1) is 11.9. The van der Waals surface area contributed by atoms with Gasteiger partial charge in [-0.25, -0.2) is 8.42 Å². The van der Waals surface area contributed by atoms with E-state index in [2.05, 4.69) is 5.10 Å². The number of aromatic nitrogens is 2. The summed E-state index contributed by atoms with van der Waals surface area (Å²) in [7, 11) is -2.01. The van der Waals surface area contributed by atoms with Crippen LogP contribution in [-0.2, 0) is 23.3 Å². The van der Waals surface area contributed by atoms with Crippen molar-refractivity contribution in [2.45, 2.75) is 43.5 Å². The van der Waals surface area contributed by atoms with E-state index in [1.807, 2.05) is 0 Å². The Labute approximate surface area is 152 Å². The molecule has 9 nitrogen and oxygen atoms in total. The fourth-order valence-corrected chi connectivity index (χ4v) is 5.90. The topological polar surface area (TPSA) is 136 Å². The van der Waals surface area contributed by atoms with E-state index in [0.717, 1.165) is 0 Å². The molecule has 1 fully saturated rings. The largest absolute Gasteiger partial charge is 0.389 e. The first kappa shape index (κ1) is 18.8. The summed E-state index contributed by atoms with van der Waals surface area (Å²) in [5, 5.41) is 13.9. The quantitative estimate of drug-likeness (QED) is 0.661. The molecule has 0 aromatic carbocycles. The van der Waals surface area contributed by atoms with Crippen LogP contribution >= 0.6 is 0 Å². The van der Waals surface area contributed by atoms with Gasteiger partial charge in [-0.15, -0.1) is 0 Å². The van der Waals surface area contributed by atoms with E-state index in [9.17, 15) is 23.1 Å². The van der Waals surface area contributed by atoms with Gasteiger partial charge >= 0.3 is 0 Å². The van der Waals surface area contributed by atoms with Crippen LogP contribution in [0, 0.1) is 0 Å². The van der Waals surface area contributed by atoms with Crippen LogP contribution in [-0.4, -0.2) is 69.2 Å². The molecule has 10 heteroatoms. The molecule has 0 unspecified atom stereocenters. The molecule has 1 aliphatic carbocycles. The number of nitrogens with two attached hydrogens (primary N) is 1. The first-order valence-electron chi connectivity index (χ1n) is 8.46. The minimum absolute atomic E-state index is 0.0841. The van der Waals surface area contributed by atoms with Crippen LogP contribution in [0.2, 0.25) is 0 Å². The highest BCUT2D eigenvalue weighted by molar-refractivity contribution is 7.93. The third kappa shape index (κ3) is 3.11. The number of aliphatic hydroxyl groups is 1. The molecule has 2 aliphatic rings. The van der Waals surface area contributed by atoms with Crippen molar-refractivity contribution in [3.8, 4) is 0 Å². The molecule has 1 aromatic heterocycles. The Hall–Kier alpha value is -1.94. The third-order valence-corrected chi connectivity index (χ3v) is 7.93. The van der Waals surface area contributed by atoms with Gasteiger partial charge in [0.05, 0.1) is 16.1 Å². The number of hydrogen-bond donors (Lipinski definition) is 2. The lowest BCUT2D eigenvalue weighted by molar-refractivity contribution is 0.0724. The second kappa shape index (κ2) is 5.78. The summed E-state index contributed by atoms with van der Waals surface area (Å²) < 4.78 is 25.8. The Bertz CT molecular complexity index is 877. The van der Waals surface area contributed by atoms with Crippen molar-refractivity contribution < 1.29 is 23.1 Å². The summed E-state index contributed by atoms with van der Waals surface area (Å²) in [6.07, 6.45) is 1.34. The Morgan fingerprint density at radius 1 is 1.38 bits per heavy atom. The van der Waals surface area contributed by atoms with E-state index >= 15 is 0 Å². The smallest absolute Gasteiger partial charge is 0.272 e. The van der Waals surface area contributed by atoms with Gasteiger partial charge in [-0.3, -0.25) is 14.3 Å². The van der Waals surface area contributed by atoms with Crippen molar-refractivity contribution in [1.29, 1.82) is 0 Å². The average molecular weight is 384 g/mol. The fourth-order valence-electron chi connectivity index (χ4n) is 3.59. The minimum atomic E-state index is -3.57. The number of hydrogen-bond acceptors (Lipinski definition) is 6. The van der Waals surface area contributed by atoms with Gasteiger partial charge in [0.15, 0.2) is 15.5 Å². The van der Waals surface area contributed by atoms with Gasteiger partial charge in [-0.1, -0.05) is 0 Å². The van der Waals surface area contributed by atoms with Gasteiger partial charge in [0.1, 0.15) is 5.69 Å².